The molecular weight excluding hydrogens is 300 g/mol. The number of sulfonamides is 1. The monoisotopic (exact) mass is 312 g/mol. The molecule has 1 atom stereocenters. The largest absolute Gasteiger partial charge is 0.479 e. The Labute approximate surface area is 119 Å². The summed E-state index contributed by atoms with van der Waals surface area (Å²) in [6.07, 6.45) is 0. The number of rotatable bonds is 5. The van der Waals surface area contributed by atoms with Gasteiger partial charge in [0.1, 0.15) is 0 Å². The fourth-order valence-electron chi connectivity index (χ4n) is 1.62. The summed E-state index contributed by atoms with van der Waals surface area (Å²) in [5, 5.41) is 18.8. The van der Waals surface area contributed by atoms with Gasteiger partial charge >= 0.3 is 5.97 Å². The molecule has 106 valence electrons. The van der Waals surface area contributed by atoms with Crippen LogP contribution in [0.25, 0.3) is 0 Å². The number of thiophene rings is 1. The fraction of sp³-hybridized carbons (Fsp3) is 0.0833. The van der Waals surface area contributed by atoms with Gasteiger partial charge in [-0.05, 0) is 35.7 Å². The number of aliphatic carboxylic acids is 1. The maximum atomic E-state index is 11.3. The second-order valence-corrected chi connectivity index (χ2v) is 6.54. The highest BCUT2D eigenvalue weighted by Crippen LogP contribution is 2.24. The average Bonchev–Trinajstić information content (AvgIpc) is 2.88. The molecule has 1 aromatic carbocycles. The molecule has 1 heterocycles. The van der Waals surface area contributed by atoms with Gasteiger partial charge in [-0.1, -0.05) is 6.07 Å². The van der Waals surface area contributed by atoms with Gasteiger partial charge in [0.25, 0.3) is 0 Å². The lowest BCUT2D eigenvalue weighted by Crippen LogP contribution is -2.19. The second kappa shape index (κ2) is 5.61. The Morgan fingerprint density at radius 3 is 2.35 bits per heavy atom. The number of nitrogens with two attached hydrogens (primary N) is 1. The number of carboxylic acid groups (broad SMARTS) is 1. The third kappa shape index (κ3) is 3.35. The van der Waals surface area contributed by atoms with E-state index in [1.165, 1.54) is 35.6 Å². The predicted octanol–water partition coefficient (Wildman–Crippen LogP) is 1.63. The van der Waals surface area contributed by atoms with Crippen molar-refractivity contribution in [2.45, 2.75) is 10.9 Å². The molecule has 1 unspecified atom stereocenters. The van der Waals surface area contributed by atoms with Crippen molar-refractivity contribution in [3.63, 3.8) is 0 Å². The van der Waals surface area contributed by atoms with Crippen LogP contribution in [-0.2, 0) is 14.8 Å². The zero-order valence-electron chi connectivity index (χ0n) is 10.2. The van der Waals surface area contributed by atoms with Crippen molar-refractivity contribution in [2.24, 2.45) is 5.14 Å². The minimum atomic E-state index is -3.75. The lowest BCUT2D eigenvalue weighted by Gasteiger charge is -2.14. The molecule has 2 rings (SSSR count). The highest BCUT2D eigenvalue weighted by atomic mass is 32.2. The lowest BCUT2D eigenvalue weighted by atomic mass is 10.2. The maximum Gasteiger partial charge on any atom is 0.331 e. The molecule has 0 amide bonds. The third-order valence-corrected chi connectivity index (χ3v) is 4.43. The van der Waals surface area contributed by atoms with Crippen molar-refractivity contribution in [3.05, 3.63) is 46.7 Å². The summed E-state index contributed by atoms with van der Waals surface area (Å²) in [5.74, 6) is -1.01. The standard InChI is InChI=1S/C12H12N2O4S2/c13-20(17,18)9-5-3-8(4-6-9)14-11(12(15)16)10-2-1-7-19-10/h1-7,11,14H,(H,15,16)(H2,13,17,18). The van der Waals surface area contributed by atoms with E-state index >= 15 is 0 Å². The Morgan fingerprint density at radius 2 is 1.90 bits per heavy atom. The zero-order valence-corrected chi connectivity index (χ0v) is 11.8. The number of primary sulfonamides is 1. The SMILES string of the molecule is NS(=O)(=O)c1ccc(NC(C(=O)O)c2cccs2)cc1. The van der Waals surface area contributed by atoms with E-state index in [1.54, 1.807) is 17.5 Å². The molecule has 1 aromatic heterocycles. The topological polar surface area (TPSA) is 109 Å². The summed E-state index contributed by atoms with van der Waals surface area (Å²) >= 11 is 1.33. The fourth-order valence-corrected chi connectivity index (χ4v) is 2.90. The Morgan fingerprint density at radius 1 is 1.25 bits per heavy atom. The van der Waals surface area contributed by atoms with Gasteiger partial charge in [-0.25, -0.2) is 18.4 Å². The summed E-state index contributed by atoms with van der Waals surface area (Å²) < 4.78 is 22.3. The predicted molar refractivity (Wildman–Crippen MR) is 76.1 cm³/mol. The van der Waals surface area contributed by atoms with Crippen LogP contribution in [0.4, 0.5) is 5.69 Å². The zero-order chi connectivity index (χ0) is 14.8. The summed E-state index contributed by atoms with van der Waals surface area (Å²) in [5.41, 5.74) is 0.498. The molecule has 0 aliphatic carbocycles. The van der Waals surface area contributed by atoms with Crippen molar-refractivity contribution in [3.8, 4) is 0 Å². The van der Waals surface area contributed by atoms with Gasteiger partial charge < -0.3 is 10.4 Å². The number of benzene rings is 1. The molecular formula is C12H12N2O4S2. The van der Waals surface area contributed by atoms with E-state index in [0.717, 1.165) is 0 Å². The van der Waals surface area contributed by atoms with Gasteiger partial charge in [0.15, 0.2) is 6.04 Å². The van der Waals surface area contributed by atoms with Crippen molar-refractivity contribution < 1.29 is 18.3 Å². The molecule has 8 heteroatoms. The summed E-state index contributed by atoms with van der Waals surface area (Å²) in [6.45, 7) is 0. The molecule has 0 saturated carbocycles. The van der Waals surface area contributed by atoms with Crippen LogP contribution in [0.15, 0.2) is 46.7 Å². The summed E-state index contributed by atoms with van der Waals surface area (Å²) in [7, 11) is -3.75. The first-order valence-corrected chi connectivity index (χ1v) is 7.96. The van der Waals surface area contributed by atoms with E-state index < -0.39 is 22.0 Å². The molecule has 0 spiro atoms. The van der Waals surface area contributed by atoms with E-state index in [9.17, 15) is 18.3 Å². The first-order chi connectivity index (χ1) is 9.38. The number of carboxylic acids is 1. The molecule has 6 nitrogen and oxygen atoms in total. The second-order valence-electron chi connectivity index (χ2n) is 4.00. The summed E-state index contributed by atoms with van der Waals surface area (Å²) in [4.78, 5) is 11.9. The third-order valence-electron chi connectivity index (χ3n) is 2.57. The minimum Gasteiger partial charge on any atom is -0.479 e. The highest BCUT2D eigenvalue weighted by Gasteiger charge is 2.20. The van der Waals surface area contributed by atoms with E-state index in [4.69, 9.17) is 5.14 Å². The van der Waals surface area contributed by atoms with Gasteiger partial charge in [-0.3, -0.25) is 0 Å². The number of anilines is 1. The first-order valence-electron chi connectivity index (χ1n) is 5.53. The first kappa shape index (κ1) is 14.5. The van der Waals surface area contributed by atoms with Crippen LogP contribution < -0.4 is 10.5 Å². The molecule has 0 radical (unpaired) electrons. The number of nitrogens with one attached hydrogen (secondary N) is 1. The van der Waals surface area contributed by atoms with Crippen molar-refractivity contribution in [1.82, 2.24) is 0 Å². The van der Waals surface area contributed by atoms with Crippen LogP contribution >= 0.6 is 11.3 Å². The Hall–Kier alpha value is -1.90. The average molecular weight is 312 g/mol. The normalized spacial score (nSPS) is 12.8. The van der Waals surface area contributed by atoms with Gasteiger partial charge in [-0.2, -0.15) is 0 Å². The van der Waals surface area contributed by atoms with Gasteiger partial charge in [-0.15, -0.1) is 11.3 Å². The molecule has 0 bridgehead atoms. The Bertz CT molecular complexity index is 694. The van der Waals surface area contributed by atoms with E-state index in [0.29, 0.717) is 10.6 Å². The Balaban J connectivity index is 2.22. The van der Waals surface area contributed by atoms with E-state index in [2.05, 4.69) is 5.32 Å². The molecule has 0 aliphatic heterocycles. The number of carbonyl (C=O) groups is 1. The van der Waals surface area contributed by atoms with Crippen molar-refractivity contribution in [1.29, 1.82) is 0 Å². The van der Waals surface area contributed by atoms with Crippen LogP contribution in [-0.4, -0.2) is 19.5 Å². The van der Waals surface area contributed by atoms with Gasteiger partial charge in [0, 0.05) is 10.6 Å². The maximum absolute atomic E-state index is 11.3. The quantitative estimate of drug-likeness (QED) is 0.777. The van der Waals surface area contributed by atoms with Crippen LogP contribution in [0.1, 0.15) is 10.9 Å². The van der Waals surface area contributed by atoms with Crippen LogP contribution in [0.2, 0.25) is 0 Å². The van der Waals surface area contributed by atoms with Crippen LogP contribution in [0.3, 0.4) is 0 Å². The van der Waals surface area contributed by atoms with Crippen LogP contribution in [0.5, 0.6) is 0 Å². The lowest BCUT2D eigenvalue weighted by molar-refractivity contribution is -0.138. The van der Waals surface area contributed by atoms with E-state index in [1.807, 2.05) is 0 Å². The van der Waals surface area contributed by atoms with Gasteiger partial charge in [0.05, 0.1) is 4.90 Å². The number of hydrogen-bond donors (Lipinski definition) is 3. The molecule has 0 saturated heterocycles. The minimum absolute atomic E-state index is 0.0222. The van der Waals surface area contributed by atoms with Crippen LogP contribution in [0, 0.1) is 0 Å². The van der Waals surface area contributed by atoms with Crippen molar-refractivity contribution >= 4 is 33.0 Å². The molecule has 20 heavy (non-hydrogen) atoms. The van der Waals surface area contributed by atoms with Crippen molar-refractivity contribution in [2.75, 3.05) is 5.32 Å². The molecule has 2 aromatic rings. The number of hydrogen-bond acceptors (Lipinski definition) is 5. The molecule has 0 aliphatic rings. The highest BCUT2D eigenvalue weighted by molar-refractivity contribution is 7.89. The van der Waals surface area contributed by atoms with Gasteiger partial charge in [0.2, 0.25) is 10.0 Å². The molecule has 0 fully saturated rings. The molecule has 4 N–H and O–H groups in total. The summed E-state index contributed by atoms with van der Waals surface area (Å²) in [6, 6.07) is 8.20. The van der Waals surface area contributed by atoms with E-state index in [-0.39, 0.29) is 4.90 Å². The Kier molecular flexibility index (Phi) is 4.07. The smallest absolute Gasteiger partial charge is 0.331 e.